The molecule has 0 unspecified atom stereocenters. The lowest BCUT2D eigenvalue weighted by Crippen LogP contribution is -2.32. The summed E-state index contributed by atoms with van der Waals surface area (Å²) in [4.78, 5) is 12.5. The molecular weight excluding hydrogens is 336 g/mol. The van der Waals surface area contributed by atoms with Crippen molar-refractivity contribution in [3.05, 3.63) is 65.7 Å². The number of carbonyl (C=O) groups is 1. The first-order chi connectivity index (χ1) is 12.1. The normalized spacial score (nSPS) is 11.8. The number of hydrogen-bond donors (Lipinski definition) is 2. The zero-order valence-corrected chi connectivity index (χ0v) is 14.8. The zero-order valence-electron chi connectivity index (χ0n) is 14.0. The number of anilines is 2. The Morgan fingerprint density at radius 1 is 1.04 bits per heavy atom. The fourth-order valence-electron chi connectivity index (χ4n) is 2.61. The molecule has 0 aliphatic heterocycles. The molecule has 0 spiro atoms. The molecule has 1 atom stereocenters. The largest absolute Gasteiger partial charge is 0.495 e. The predicted octanol–water partition coefficient (Wildman–Crippen LogP) is 4.94. The van der Waals surface area contributed by atoms with Gasteiger partial charge < -0.3 is 15.4 Å². The number of methoxy groups -OCH3 is 1. The number of rotatable bonds is 5. The van der Waals surface area contributed by atoms with Crippen LogP contribution in [0.25, 0.3) is 10.8 Å². The molecule has 3 rings (SSSR count). The van der Waals surface area contributed by atoms with Gasteiger partial charge in [-0.25, -0.2) is 0 Å². The molecular formula is C20H19ClN2O2. The lowest BCUT2D eigenvalue weighted by atomic mass is 10.1. The summed E-state index contributed by atoms with van der Waals surface area (Å²) in [6.07, 6.45) is 0. The van der Waals surface area contributed by atoms with Crippen molar-refractivity contribution >= 4 is 39.7 Å². The molecule has 128 valence electrons. The van der Waals surface area contributed by atoms with Crippen LogP contribution in [0.2, 0.25) is 5.02 Å². The highest BCUT2D eigenvalue weighted by Gasteiger charge is 2.15. The molecule has 0 saturated carbocycles. The Morgan fingerprint density at radius 3 is 2.56 bits per heavy atom. The SMILES string of the molecule is COc1ccc(Cl)cc1NC(=O)[C@H](C)Nc1ccc2ccccc2c1. The van der Waals surface area contributed by atoms with Gasteiger partial charge in [-0.05, 0) is 48.0 Å². The third-order valence-electron chi connectivity index (χ3n) is 3.95. The molecule has 0 radical (unpaired) electrons. The minimum Gasteiger partial charge on any atom is -0.495 e. The molecule has 4 nitrogen and oxygen atoms in total. The van der Waals surface area contributed by atoms with Gasteiger partial charge in [-0.2, -0.15) is 0 Å². The number of amides is 1. The molecule has 3 aromatic carbocycles. The van der Waals surface area contributed by atoms with E-state index in [4.69, 9.17) is 16.3 Å². The summed E-state index contributed by atoms with van der Waals surface area (Å²) in [6, 6.07) is 18.8. The Balaban J connectivity index is 1.72. The van der Waals surface area contributed by atoms with Gasteiger partial charge in [0.2, 0.25) is 5.91 Å². The van der Waals surface area contributed by atoms with Gasteiger partial charge >= 0.3 is 0 Å². The molecule has 2 N–H and O–H groups in total. The minimum absolute atomic E-state index is 0.172. The van der Waals surface area contributed by atoms with E-state index in [1.54, 1.807) is 25.3 Å². The van der Waals surface area contributed by atoms with Gasteiger partial charge in [0.15, 0.2) is 0 Å². The molecule has 0 saturated heterocycles. The molecule has 0 aliphatic carbocycles. The molecule has 5 heteroatoms. The maximum absolute atomic E-state index is 12.5. The highest BCUT2D eigenvalue weighted by Crippen LogP contribution is 2.28. The Bertz CT molecular complexity index is 911. The van der Waals surface area contributed by atoms with Crippen LogP contribution in [0.15, 0.2) is 60.7 Å². The lowest BCUT2D eigenvalue weighted by Gasteiger charge is -2.17. The Hall–Kier alpha value is -2.72. The van der Waals surface area contributed by atoms with Crippen LogP contribution in [-0.4, -0.2) is 19.1 Å². The van der Waals surface area contributed by atoms with E-state index in [0.29, 0.717) is 16.5 Å². The summed E-state index contributed by atoms with van der Waals surface area (Å²) < 4.78 is 5.25. The van der Waals surface area contributed by atoms with Crippen LogP contribution in [0.5, 0.6) is 5.75 Å². The summed E-state index contributed by atoms with van der Waals surface area (Å²) in [6.45, 7) is 1.81. The van der Waals surface area contributed by atoms with Gasteiger partial charge in [-0.15, -0.1) is 0 Å². The second-order valence-corrected chi connectivity index (χ2v) is 6.20. The van der Waals surface area contributed by atoms with Gasteiger partial charge in [0.1, 0.15) is 11.8 Å². The Morgan fingerprint density at radius 2 is 1.80 bits per heavy atom. The van der Waals surface area contributed by atoms with Crippen molar-refractivity contribution in [2.75, 3.05) is 17.7 Å². The number of ether oxygens (including phenoxy) is 1. The van der Waals surface area contributed by atoms with Crippen LogP contribution in [0.1, 0.15) is 6.92 Å². The molecule has 0 fully saturated rings. The number of benzene rings is 3. The second kappa shape index (κ2) is 7.45. The van der Waals surface area contributed by atoms with E-state index < -0.39 is 6.04 Å². The van der Waals surface area contributed by atoms with Crippen molar-refractivity contribution in [3.8, 4) is 5.75 Å². The Labute approximate surface area is 151 Å². The van der Waals surface area contributed by atoms with E-state index in [-0.39, 0.29) is 5.91 Å². The quantitative estimate of drug-likeness (QED) is 0.682. The average Bonchev–Trinajstić information content (AvgIpc) is 2.61. The van der Waals surface area contributed by atoms with Gasteiger partial charge in [0.05, 0.1) is 12.8 Å². The highest BCUT2D eigenvalue weighted by molar-refractivity contribution is 6.31. The number of halogens is 1. The van der Waals surface area contributed by atoms with Crippen LogP contribution >= 0.6 is 11.6 Å². The van der Waals surface area contributed by atoms with Gasteiger partial charge in [0.25, 0.3) is 0 Å². The van der Waals surface area contributed by atoms with Crippen LogP contribution in [0.3, 0.4) is 0 Å². The first-order valence-corrected chi connectivity index (χ1v) is 8.34. The predicted molar refractivity (Wildman–Crippen MR) is 104 cm³/mol. The summed E-state index contributed by atoms with van der Waals surface area (Å²) >= 11 is 6.00. The molecule has 1 amide bonds. The maximum Gasteiger partial charge on any atom is 0.246 e. The monoisotopic (exact) mass is 354 g/mol. The number of nitrogens with one attached hydrogen (secondary N) is 2. The van der Waals surface area contributed by atoms with Crippen molar-refractivity contribution in [2.24, 2.45) is 0 Å². The van der Waals surface area contributed by atoms with E-state index in [1.807, 2.05) is 43.3 Å². The van der Waals surface area contributed by atoms with Gasteiger partial charge in [-0.3, -0.25) is 4.79 Å². The van der Waals surface area contributed by atoms with Crippen molar-refractivity contribution in [3.63, 3.8) is 0 Å². The fraction of sp³-hybridized carbons (Fsp3) is 0.150. The first kappa shape index (κ1) is 17.1. The van der Waals surface area contributed by atoms with E-state index in [1.165, 1.54) is 0 Å². The topological polar surface area (TPSA) is 50.4 Å². The summed E-state index contributed by atoms with van der Waals surface area (Å²) in [5, 5.41) is 8.89. The standard InChI is InChI=1S/C20H19ClN2O2/c1-13(20(24)23-18-12-16(21)8-10-19(18)25-2)22-17-9-7-14-5-3-4-6-15(14)11-17/h3-13,22H,1-2H3,(H,23,24)/t13-/m0/s1. The fourth-order valence-corrected chi connectivity index (χ4v) is 2.79. The van der Waals surface area contributed by atoms with Crippen molar-refractivity contribution in [1.29, 1.82) is 0 Å². The Kier molecular flexibility index (Phi) is 5.10. The number of carbonyl (C=O) groups excluding carboxylic acids is 1. The number of hydrogen-bond acceptors (Lipinski definition) is 3. The molecule has 0 aromatic heterocycles. The smallest absolute Gasteiger partial charge is 0.246 e. The molecule has 0 heterocycles. The van der Waals surface area contributed by atoms with Gasteiger partial charge in [0, 0.05) is 10.7 Å². The van der Waals surface area contributed by atoms with Crippen molar-refractivity contribution in [2.45, 2.75) is 13.0 Å². The molecule has 0 bridgehead atoms. The summed E-state index contributed by atoms with van der Waals surface area (Å²) in [7, 11) is 1.55. The molecule has 25 heavy (non-hydrogen) atoms. The van der Waals surface area contributed by atoms with Crippen LogP contribution < -0.4 is 15.4 Å². The van der Waals surface area contributed by atoms with Gasteiger partial charge in [-0.1, -0.05) is 41.9 Å². The van der Waals surface area contributed by atoms with E-state index in [9.17, 15) is 4.79 Å². The van der Waals surface area contributed by atoms with Crippen LogP contribution in [0.4, 0.5) is 11.4 Å². The summed E-state index contributed by atoms with van der Waals surface area (Å²) in [5.41, 5.74) is 1.44. The van der Waals surface area contributed by atoms with Crippen molar-refractivity contribution < 1.29 is 9.53 Å². The highest BCUT2D eigenvalue weighted by atomic mass is 35.5. The minimum atomic E-state index is -0.426. The second-order valence-electron chi connectivity index (χ2n) is 5.76. The maximum atomic E-state index is 12.5. The molecule has 0 aliphatic rings. The third kappa shape index (κ3) is 4.03. The van der Waals surface area contributed by atoms with Crippen molar-refractivity contribution in [1.82, 2.24) is 0 Å². The van der Waals surface area contributed by atoms with E-state index in [2.05, 4.69) is 16.7 Å². The molecule has 3 aromatic rings. The average molecular weight is 355 g/mol. The zero-order chi connectivity index (χ0) is 17.8. The third-order valence-corrected chi connectivity index (χ3v) is 4.18. The lowest BCUT2D eigenvalue weighted by molar-refractivity contribution is -0.116. The summed E-state index contributed by atoms with van der Waals surface area (Å²) in [5.74, 6) is 0.393. The first-order valence-electron chi connectivity index (χ1n) is 7.96. The van der Waals surface area contributed by atoms with E-state index in [0.717, 1.165) is 16.5 Å². The number of fused-ring (bicyclic) bond motifs is 1. The van der Waals surface area contributed by atoms with E-state index >= 15 is 0 Å². The van der Waals surface area contributed by atoms with Crippen LogP contribution in [0, 0.1) is 0 Å². The van der Waals surface area contributed by atoms with Crippen LogP contribution in [-0.2, 0) is 4.79 Å².